The predicted molar refractivity (Wildman–Crippen MR) is 69.0 cm³/mol. The van der Waals surface area contributed by atoms with Crippen LogP contribution in [0.3, 0.4) is 0 Å². The lowest BCUT2D eigenvalue weighted by atomic mass is 10.5. The summed E-state index contributed by atoms with van der Waals surface area (Å²) in [6.07, 6.45) is 2.00. The Labute approximate surface area is 99.3 Å². The number of thioether (sulfide) groups is 1. The Kier molecular flexibility index (Phi) is 4.29. The van der Waals surface area contributed by atoms with Crippen molar-refractivity contribution in [3.05, 3.63) is 11.1 Å². The van der Waals surface area contributed by atoms with Crippen LogP contribution in [-0.2, 0) is 6.54 Å². The zero-order chi connectivity index (χ0) is 10.5. The van der Waals surface area contributed by atoms with Gasteiger partial charge in [0.1, 0.15) is 0 Å². The van der Waals surface area contributed by atoms with Gasteiger partial charge in [-0.15, -0.1) is 11.3 Å². The second-order valence-corrected chi connectivity index (χ2v) is 5.81. The molecule has 5 heteroatoms. The second kappa shape index (κ2) is 5.72. The topological polar surface area (TPSA) is 28.2 Å². The summed E-state index contributed by atoms with van der Waals surface area (Å²) in [6.45, 7) is 6.41. The molecule has 1 aromatic heterocycles. The van der Waals surface area contributed by atoms with Crippen LogP contribution in [-0.4, -0.2) is 36.1 Å². The van der Waals surface area contributed by atoms with E-state index in [1.54, 1.807) is 0 Å². The van der Waals surface area contributed by atoms with Gasteiger partial charge in [-0.1, -0.05) is 6.92 Å². The quantitative estimate of drug-likeness (QED) is 0.873. The Hall–Kier alpha value is -0.260. The van der Waals surface area contributed by atoms with Crippen molar-refractivity contribution in [3.8, 4) is 0 Å². The van der Waals surface area contributed by atoms with Crippen LogP contribution in [0.1, 0.15) is 11.8 Å². The van der Waals surface area contributed by atoms with Crippen LogP contribution in [0.4, 0.5) is 5.13 Å². The SMILES string of the molecule is CCNCc1cnc(N2CCSCC2)s1. The van der Waals surface area contributed by atoms with Crippen molar-refractivity contribution < 1.29 is 0 Å². The fourth-order valence-electron chi connectivity index (χ4n) is 1.53. The van der Waals surface area contributed by atoms with Crippen molar-refractivity contribution in [2.45, 2.75) is 13.5 Å². The van der Waals surface area contributed by atoms with Gasteiger partial charge >= 0.3 is 0 Å². The molecule has 1 saturated heterocycles. The molecule has 1 N–H and O–H groups in total. The molecular formula is C10H17N3S2. The first-order valence-electron chi connectivity index (χ1n) is 5.38. The maximum absolute atomic E-state index is 4.49. The molecular weight excluding hydrogens is 226 g/mol. The fourth-order valence-corrected chi connectivity index (χ4v) is 3.36. The van der Waals surface area contributed by atoms with E-state index in [0.29, 0.717) is 0 Å². The molecule has 0 saturated carbocycles. The lowest BCUT2D eigenvalue weighted by molar-refractivity contribution is 0.734. The van der Waals surface area contributed by atoms with Crippen molar-refractivity contribution >= 4 is 28.2 Å². The summed E-state index contributed by atoms with van der Waals surface area (Å²) >= 11 is 3.86. The average Bonchev–Trinajstić information content (AvgIpc) is 2.76. The van der Waals surface area contributed by atoms with E-state index in [9.17, 15) is 0 Å². The second-order valence-electron chi connectivity index (χ2n) is 3.49. The van der Waals surface area contributed by atoms with Crippen LogP contribution >= 0.6 is 23.1 Å². The minimum absolute atomic E-state index is 0.955. The highest BCUT2D eigenvalue weighted by molar-refractivity contribution is 7.99. The van der Waals surface area contributed by atoms with E-state index in [0.717, 1.165) is 26.2 Å². The number of rotatable bonds is 4. The van der Waals surface area contributed by atoms with Gasteiger partial charge in [-0.3, -0.25) is 0 Å². The summed E-state index contributed by atoms with van der Waals surface area (Å²) in [6, 6.07) is 0. The first-order valence-corrected chi connectivity index (χ1v) is 7.35. The Bertz CT molecular complexity index is 295. The summed E-state index contributed by atoms with van der Waals surface area (Å²) in [5.74, 6) is 2.48. The third-order valence-corrected chi connectivity index (χ3v) is 4.37. The summed E-state index contributed by atoms with van der Waals surface area (Å²) in [7, 11) is 0. The third-order valence-electron chi connectivity index (χ3n) is 2.37. The van der Waals surface area contributed by atoms with Gasteiger partial charge < -0.3 is 10.2 Å². The van der Waals surface area contributed by atoms with Crippen molar-refractivity contribution in [2.24, 2.45) is 0 Å². The monoisotopic (exact) mass is 243 g/mol. The fraction of sp³-hybridized carbons (Fsp3) is 0.700. The zero-order valence-corrected chi connectivity index (χ0v) is 10.7. The molecule has 0 aromatic carbocycles. The Morgan fingerprint density at radius 1 is 1.47 bits per heavy atom. The van der Waals surface area contributed by atoms with Gasteiger partial charge in [-0.05, 0) is 6.54 Å². The maximum Gasteiger partial charge on any atom is 0.185 e. The van der Waals surface area contributed by atoms with Crippen LogP contribution in [0, 0.1) is 0 Å². The number of nitrogens with one attached hydrogen (secondary N) is 1. The number of hydrogen-bond acceptors (Lipinski definition) is 5. The summed E-state index contributed by atoms with van der Waals surface area (Å²) in [5, 5.41) is 4.53. The lowest BCUT2D eigenvalue weighted by Crippen LogP contribution is -2.32. The molecule has 0 spiro atoms. The highest BCUT2D eigenvalue weighted by atomic mass is 32.2. The van der Waals surface area contributed by atoms with E-state index < -0.39 is 0 Å². The normalized spacial score (nSPS) is 17.0. The highest BCUT2D eigenvalue weighted by Crippen LogP contribution is 2.24. The lowest BCUT2D eigenvalue weighted by Gasteiger charge is -2.25. The third kappa shape index (κ3) is 3.09. The summed E-state index contributed by atoms with van der Waals surface area (Å²) in [5.41, 5.74) is 0. The van der Waals surface area contributed by atoms with E-state index in [4.69, 9.17) is 0 Å². The summed E-state index contributed by atoms with van der Waals surface area (Å²) < 4.78 is 0. The number of aromatic nitrogens is 1. The maximum atomic E-state index is 4.49. The van der Waals surface area contributed by atoms with Crippen molar-refractivity contribution in [1.29, 1.82) is 0 Å². The van der Waals surface area contributed by atoms with Gasteiger partial charge in [0.15, 0.2) is 5.13 Å². The minimum atomic E-state index is 0.955. The van der Waals surface area contributed by atoms with E-state index in [1.807, 2.05) is 29.3 Å². The van der Waals surface area contributed by atoms with Gasteiger partial charge in [0.25, 0.3) is 0 Å². The van der Waals surface area contributed by atoms with E-state index in [-0.39, 0.29) is 0 Å². The van der Waals surface area contributed by atoms with Gasteiger partial charge in [0.2, 0.25) is 0 Å². The Morgan fingerprint density at radius 2 is 2.27 bits per heavy atom. The van der Waals surface area contributed by atoms with Crippen LogP contribution in [0.15, 0.2) is 6.20 Å². The average molecular weight is 243 g/mol. The number of anilines is 1. The molecule has 15 heavy (non-hydrogen) atoms. The van der Waals surface area contributed by atoms with E-state index >= 15 is 0 Å². The molecule has 1 aromatic rings. The van der Waals surface area contributed by atoms with Gasteiger partial charge in [-0.25, -0.2) is 4.98 Å². The molecule has 2 rings (SSSR count). The predicted octanol–water partition coefficient (Wildman–Crippen LogP) is 1.81. The Morgan fingerprint density at radius 3 is 3.00 bits per heavy atom. The molecule has 1 fully saturated rings. The number of thiazole rings is 1. The molecule has 1 aliphatic heterocycles. The molecule has 2 heterocycles. The molecule has 0 unspecified atom stereocenters. The molecule has 1 aliphatic rings. The van der Waals surface area contributed by atoms with E-state index in [2.05, 4.69) is 22.1 Å². The molecule has 3 nitrogen and oxygen atoms in total. The first-order chi connectivity index (χ1) is 7.40. The van der Waals surface area contributed by atoms with Gasteiger partial charge in [0, 0.05) is 42.2 Å². The molecule has 0 bridgehead atoms. The van der Waals surface area contributed by atoms with Crippen molar-refractivity contribution in [2.75, 3.05) is 36.0 Å². The smallest absolute Gasteiger partial charge is 0.185 e. The molecule has 0 amide bonds. The van der Waals surface area contributed by atoms with Crippen LogP contribution in [0.25, 0.3) is 0 Å². The van der Waals surface area contributed by atoms with Crippen LogP contribution < -0.4 is 10.2 Å². The van der Waals surface area contributed by atoms with Crippen LogP contribution in [0.5, 0.6) is 0 Å². The van der Waals surface area contributed by atoms with Crippen molar-refractivity contribution in [1.82, 2.24) is 10.3 Å². The molecule has 0 aliphatic carbocycles. The highest BCUT2D eigenvalue weighted by Gasteiger charge is 2.14. The summed E-state index contributed by atoms with van der Waals surface area (Å²) in [4.78, 5) is 8.23. The Balaban J connectivity index is 1.93. The largest absolute Gasteiger partial charge is 0.346 e. The molecule has 0 atom stereocenters. The number of nitrogens with zero attached hydrogens (tertiary/aromatic N) is 2. The molecule has 0 radical (unpaired) electrons. The minimum Gasteiger partial charge on any atom is -0.346 e. The van der Waals surface area contributed by atoms with Gasteiger partial charge in [0.05, 0.1) is 0 Å². The van der Waals surface area contributed by atoms with E-state index in [1.165, 1.54) is 21.5 Å². The zero-order valence-electron chi connectivity index (χ0n) is 9.03. The standard InChI is InChI=1S/C10H17N3S2/c1-2-11-7-9-8-12-10(15-9)13-3-5-14-6-4-13/h8,11H,2-7H2,1H3. The van der Waals surface area contributed by atoms with Crippen LogP contribution in [0.2, 0.25) is 0 Å². The van der Waals surface area contributed by atoms with Crippen molar-refractivity contribution in [3.63, 3.8) is 0 Å². The van der Waals surface area contributed by atoms with Gasteiger partial charge in [-0.2, -0.15) is 11.8 Å². The molecule has 84 valence electrons. The number of hydrogen-bond donors (Lipinski definition) is 1. The first kappa shape index (κ1) is 11.2.